The first-order valence-corrected chi connectivity index (χ1v) is 7.40. The molecule has 0 radical (unpaired) electrons. The summed E-state index contributed by atoms with van der Waals surface area (Å²) >= 11 is 4.28. The van der Waals surface area contributed by atoms with Crippen molar-refractivity contribution in [1.82, 2.24) is 8.01 Å². The fourth-order valence-electron chi connectivity index (χ4n) is 1.89. The van der Waals surface area contributed by atoms with Gasteiger partial charge in [0.25, 0.3) is 0 Å². The fourth-order valence-corrected chi connectivity index (χ4v) is 2.69. The summed E-state index contributed by atoms with van der Waals surface area (Å²) in [6.07, 6.45) is 3.28. The predicted molar refractivity (Wildman–Crippen MR) is 79.5 cm³/mol. The number of hydrogen-bond donors (Lipinski definition) is 0. The lowest BCUT2D eigenvalue weighted by atomic mass is 9.98. The topological polar surface area (TPSA) is 23.6 Å². The SMILES string of the molecule is CN(CCC(=O)I)CC1CCN(I)CC1. The van der Waals surface area contributed by atoms with Crippen LogP contribution in [0, 0.1) is 5.92 Å². The van der Waals surface area contributed by atoms with Crippen LogP contribution in [0.5, 0.6) is 0 Å². The Labute approximate surface area is 120 Å². The van der Waals surface area contributed by atoms with Gasteiger partial charge in [0.2, 0.25) is 0 Å². The molecule has 0 saturated carbocycles. The Morgan fingerprint density at radius 3 is 2.60 bits per heavy atom. The van der Waals surface area contributed by atoms with Crippen molar-refractivity contribution in [2.75, 3.05) is 33.2 Å². The molecule has 0 N–H and O–H groups in total. The van der Waals surface area contributed by atoms with Crippen molar-refractivity contribution >= 4 is 49.2 Å². The van der Waals surface area contributed by atoms with E-state index in [1.54, 1.807) is 0 Å². The molecule has 0 amide bonds. The minimum atomic E-state index is 0.265. The summed E-state index contributed by atoms with van der Waals surface area (Å²) in [6.45, 7) is 4.48. The van der Waals surface area contributed by atoms with E-state index in [0.29, 0.717) is 6.42 Å². The second kappa shape index (κ2) is 7.39. The molecule has 0 spiro atoms. The van der Waals surface area contributed by atoms with Crippen molar-refractivity contribution in [3.8, 4) is 0 Å². The molecule has 0 aromatic carbocycles. The number of rotatable bonds is 5. The van der Waals surface area contributed by atoms with Crippen molar-refractivity contribution < 1.29 is 4.79 Å². The highest BCUT2D eigenvalue weighted by molar-refractivity contribution is 14.1. The first-order valence-electron chi connectivity index (χ1n) is 5.35. The maximum atomic E-state index is 10.8. The summed E-state index contributed by atoms with van der Waals surface area (Å²) < 4.78 is 2.63. The molecule has 0 bridgehead atoms. The summed E-state index contributed by atoms with van der Waals surface area (Å²) in [5.74, 6) is 0.824. The average molecular weight is 436 g/mol. The van der Waals surface area contributed by atoms with Gasteiger partial charge < -0.3 is 4.90 Å². The monoisotopic (exact) mass is 436 g/mol. The third kappa shape index (κ3) is 6.38. The summed E-state index contributed by atoms with van der Waals surface area (Å²) in [5.41, 5.74) is 0. The van der Waals surface area contributed by atoms with Crippen LogP contribution in [-0.2, 0) is 4.79 Å². The minimum absolute atomic E-state index is 0.265. The van der Waals surface area contributed by atoms with E-state index in [9.17, 15) is 4.79 Å². The van der Waals surface area contributed by atoms with Gasteiger partial charge in [-0.05, 0) is 48.4 Å². The van der Waals surface area contributed by atoms with Gasteiger partial charge in [-0.25, -0.2) is 3.11 Å². The van der Waals surface area contributed by atoms with Gasteiger partial charge in [0.05, 0.1) is 0 Å². The zero-order chi connectivity index (χ0) is 11.3. The van der Waals surface area contributed by atoms with E-state index in [1.165, 1.54) is 25.9 Å². The first kappa shape index (κ1) is 14.1. The van der Waals surface area contributed by atoms with Gasteiger partial charge in [-0.3, -0.25) is 4.79 Å². The number of piperidine rings is 1. The molecule has 0 atom stereocenters. The lowest BCUT2D eigenvalue weighted by Crippen LogP contribution is -2.34. The molecular weight excluding hydrogens is 418 g/mol. The van der Waals surface area contributed by atoms with Crippen LogP contribution < -0.4 is 0 Å². The molecule has 0 aromatic heterocycles. The lowest BCUT2D eigenvalue weighted by Gasteiger charge is -2.30. The normalized spacial score (nSPS) is 19.7. The van der Waals surface area contributed by atoms with Crippen molar-refractivity contribution in [3.63, 3.8) is 0 Å². The molecule has 1 aliphatic heterocycles. The van der Waals surface area contributed by atoms with Crippen LogP contribution in [0.15, 0.2) is 0 Å². The van der Waals surface area contributed by atoms with Crippen LogP contribution in [0.1, 0.15) is 19.3 Å². The minimum Gasteiger partial charge on any atom is -0.306 e. The third-order valence-corrected chi connectivity index (χ3v) is 4.32. The molecule has 1 rings (SSSR count). The second-order valence-electron chi connectivity index (χ2n) is 4.22. The van der Waals surface area contributed by atoms with E-state index in [4.69, 9.17) is 0 Å². The van der Waals surface area contributed by atoms with Crippen LogP contribution >= 0.6 is 45.5 Å². The average Bonchev–Trinajstić information content (AvgIpc) is 2.19. The first-order chi connectivity index (χ1) is 7.08. The number of carbonyl (C=O) groups is 1. The second-order valence-corrected chi connectivity index (χ2v) is 6.79. The fraction of sp³-hybridized carbons (Fsp3) is 0.900. The molecule has 3 nitrogen and oxygen atoms in total. The smallest absolute Gasteiger partial charge is 0.193 e. The van der Waals surface area contributed by atoms with E-state index in [1.807, 2.05) is 22.6 Å². The molecule has 0 unspecified atom stereocenters. The Kier molecular flexibility index (Phi) is 6.95. The van der Waals surface area contributed by atoms with Crippen molar-refractivity contribution in [2.45, 2.75) is 19.3 Å². The quantitative estimate of drug-likeness (QED) is 0.376. The zero-order valence-electron chi connectivity index (χ0n) is 9.09. The summed E-state index contributed by atoms with van der Waals surface area (Å²) in [6, 6.07) is 0. The van der Waals surface area contributed by atoms with Gasteiger partial charge in [0.1, 0.15) is 0 Å². The molecule has 15 heavy (non-hydrogen) atoms. The van der Waals surface area contributed by atoms with E-state index in [-0.39, 0.29) is 3.79 Å². The molecular formula is C10H18I2N2O. The molecule has 1 aliphatic rings. The summed E-state index contributed by atoms with van der Waals surface area (Å²) in [5, 5.41) is 0. The Bertz CT molecular complexity index is 206. The number of hydrogen-bond acceptors (Lipinski definition) is 3. The van der Waals surface area contributed by atoms with E-state index in [2.05, 4.69) is 37.9 Å². The van der Waals surface area contributed by atoms with Gasteiger partial charge in [-0.15, -0.1) is 0 Å². The highest BCUT2D eigenvalue weighted by Crippen LogP contribution is 2.20. The Morgan fingerprint density at radius 1 is 1.47 bits per heavy atom. The van der Waals surface area contributed by atoms with Gasteiger partial charge in [0, 0.05) is 55.5 Å². The van der Waals surface area contributed by atoms with Crippen LogP contribution in [0.2, 0.25) is 0 Å². The molecule has 1 heterocycles. The van der Waals surface area contributed by atoms with Gasteiger partial charge in [0.15, 0.2) is 3.79 Å². The van der Waals surface area contributed by atoms with E-state index < -0.39 is 0 Å². The van der Waals surface area contributed by atoms with Crippen molar-refractivity contribution in [3.05, 3.63) is 0 Å². The molecule has 0 aliphatic carbocycles. The van der Waals surface area contributed by atoms with Crippen LogP contribution in [-0.4, -0.2) is 45.0 Å². The van der Waals surface area contributed by atoms with Crippen LogP contribution in [0.4, 0.5) is 0 Å². The largest absolute Gasteiger partial charge is 0.306 e. The maximum absolute atomic E-state index is 10.8. The van der Waals surface area contributed by atoms with Crippen molar-refractivity contribution in [2.24, 2.45) is 5.92 Å². The van der Waals surface area contributed by atoms with E-state index >= 15 is 0 Å². The van der Waals surface area contributed by atoms with Gasteiger partial charge in [-0.1, -0.05) is 0 Å². The van der Waals surface area contributed by atoms with E-state index in [0.717, 1.165) is 19.0 Å². The molecule has 5 heteroatoms. The zero-order valence-corrected chi connectivity index (χ0v) is 13.4. The Balaban J connectivity index is 2.14. The highest BCUT2D eigenvalue weighted by atomic mass is 127. The maximum Gasteiger partial charge on any atom is 0.193 e. The van der Waals surface area contributed by atoms with Crippen molar-refractivity contribution in [1.29, 1.82) is 0 Å². The number of nitrogens with zero attached hydrogens (tertiary/aromatic N) is 2. The summed E-state index contributed by atoms with van der Waals surface area (Å²) in [7, 11) is 2.12. The molecule has 1 fully saturated rings. The molecule has 1 saturated heterocycles. The Hall–Kier alpha value is 1.05. The Morgan fingerprint density at radius 2 is 2.07 bits per heavy atom. The highest BCUT2D eigenvalue weighted by Gasteiger charge is 2.18. The van der Waals surface area contributed by atoms with Crippen LogP contribution in [0.3, 0.4) is 0 Å². The van der Waals surface area contributed by atoms with Gasteiger partial charge in [-0.2, -0.15) is 0 Å². The number of carbonyl (C=O) groups excluding carboxylic acids is 1. The van der Waals surface area contributed by atoms with Crippen LogP contribution in [0.25, 0.3) is 0 Å². The summed E-state index contributed by atoms with van der Waals surface area (Å²) in [4.78, 5) is 13.1. The third-order valence-electron chi connectivity index (χ3n) is 2.82. The molecule has 0 aromatic rings. The standard InChI is InChI=1S/C10H18I2N2O/c1-13(5-4-10(11)15)8-9-2-6-14(12)7-3-9/h9H,2-8H2,1H3. The predicted octanol–water partition coefficient (Wildman–Crippen LogP) is 2.33. The number of halogens is 2. The molecule has 88 valence electrons. The van der Waals surface area contributed by atoms with Gasteiger partial charge >= 0.3 is 0 Å². The lowest BCUT2D eigenvalue weighted by molar-refractivity contribution is -0.109.